The van der Waals surface area contributed by atoms with Crippen LogP contribution in [0, 0.1) is 23.7 Å². The van der Waals surface area contributed by atoms with Crippen LogP contribution in [0.25, 0.3) is 0 Å². The lowest BCUT2D eigenvalue weighted by atomic mass is 9.81. The SMILES string of the molecule is COc1cccc(C(=O)N2CC(N(CC(C)C)C(=O)C3CC3)CC2C(=O)NCC2CCCC(CN)C2)c1. The molecule has 37 heavy (non-hydrogen) atoms. The number of nitrogens with one attached hydrogen (secondary N) is 1. The van der Waals surface area contributed by atoms with E-state index in [0.717, 1.165) is 38.5 Å². The molecule has 1 heterocycles. The van der Waals surface area contributed by atoms with Crippen molar-refractivity contribution in [2.24, 2.45) is 29.4 Å². The van der Waals surface area contributed by atoms with Gasteiger partial charge < -0.3 is 25.6 Å². The highest BCUT2D eigenvalue weighted by atomic mass is 16.5. The first-order chi connectivity index (χ1) is 17.8. The number of nitrogens with two attached hydrogens (primary N) is 1. The minimum atomic E-state index is -0.612. The van der Waals surface area contributed by atoms with Crippen molar-refractivity contribution in [3.05, 3.63) is 29.8 Å². The average molecular weight is 513 g/mol. The van der Waals surface area contributed by atoms with Crippen LogP contribution in [-0.4, -0.2) is 72.9 Å². The molecule has 1 aliphatic heterocycles. The molecule has 3 aliphatic rings. The van der Waals surface area contributed by atoms with E-state index in [0.29, 0.717) is 61.7 Å². The maximum absolute atomic E-state index is 13.7. The van der Waals surface area contributed by atoms with Crippen LogP contribution in [0.4, 0.5) is 0 Å². The van der Waals surface area contributed by atoms with Crippen molar-refractivity contribution in [2.45, 2.75) is 70.9 Å². The molecule has 204 valence electrons. The second kappa shape index (κ2) is 12.3. The summed E-state index contributed by atoms with van der Waals surface area (Å²) in [7, 11) is 1.57. The normalized spacial score (nSPS) is 25.7. The number of hydrogen-bond donors (Lipinski definition) is 2. The predicted molar refractivity (Wildman–Crippen MR) is 143 cm³/mol. The maximum atomic E-state index is 13.7. The fourth-order valence-corrected chi connectivity index (χ4v) is 5.98. The van der Waals surface area contributed by atoms with Crippen LogP contribution < -0.4 is 15.8 Å². The summed E-state index contributed by atoms with van der Waals surface area (Å²) in [5.41, 5.74) is 6.39. The summed E-state index contributed by atoms with van der Waals surface area (Å²) in [6, 6.07) is 6.26. The van der Waals surface area contributed by atoms with Gasteiger partial charge in [-0.25, -0.2) is 0 Å². The number of amides is 3. The van der Waals surface area contributed by atoms with Crippen molar-refractivity contribution in [1.82, 2.24) is 15.1 Å². The Morgan fingerprint density at radius 1 is 1.14 bits per heavy atom. The van der Waals surface area contributed by atoms with Crippen molar-refractivity contribution < 1.29 is 19.1 Å². The van der Waals surface area contributed by atoms with E-state index in [1.54, 1.807) is 36.3 Å². The van der Waals surface area contributed by atoms with Crippen molar-refractivity contribution in [3.63, 3.8) is 0 Å². The minimum absolute atomic E-state index is 0.0935. The molecule has 8 heteroatoms. The van der Waals surface area contributed by atoms with E-state index in [1.165, 1.54) is 0 Å². The molecular formula is C29H44N4O4. The predicted octanol–water partition coefficient (Wildman–Crippen LogP) is 3.05. The highest BCUT2D eigenvalue weighted by Crippen LogP contribution is 2.35. The van der Waals surface area contributed by atoms with Gasteiger partial charge in [0.15, 0.2) is 0 Å². The van der Waals surface area contributed by atoms with Crippen molar-refractivity contribution in [3.8, 4) is 5.75 Å². The Labute approximate surface area is 221 Å². The number of nitrogens with zero attached hydrogens (tertiary/aromatic N) is 2. The van der Waals surface area contributed by atoms with Gasteiger partial charge in [0, 0.05) is 31.1 Å². The third-order valence-corrected chi connectivity index (χ3v) is 8.16. The van der Waals surface area contributed by atoms with Gasteiger partial charge in [0.1, 0.15) is 11.8 Å². The molecule has 8 nitrogen and oxygen atoms in total. The third-order valence-electron chi connectivity index (χ3n) is 8.16. The molecular weight excluding hydrogens is 468 g/mol. The molecule has 4 rings (SSSR count). The lowest BCUT2D eigenvalue weighted by Crippen LogP contribution is -2.47. The number of likely N-dealkylation sites (tertiary alicyclic amines) is 1. The van der Waals surface area contributed by atoms with Gasteiger partial charge >= 0.3 is 0 Å². The smallest absolute Gasteiger partial charge is 0.254 e. The minimum Gasteiger partial charge on any atom is -0.497 e. The Morgan fingerprint density at radius 3 is 2.57 bits per heavy atom. The Balaban J connectivity index is 1.52. The second-order valence-corrected chi connectivity index (χ2v) is 11.6. The van der Waals surface area contributed by atoms with Crippen LogP contribution in [0.3, 0.4) is 0 Å². The van der Waals surface area contributed by atoms with Crippen molar-refractivity contribution >= 4 is 17.7 Å². The van der Waals surface area contributed by atoms with E-state index in [2.05, 4.69) is 19.2 Å². The first-order valence-corrected chi connectivity index (χ1v) is 14.0. The van der Waals surface area contributed by atoms with Gasteiger partial charge in [-0.15, -0.1) is 0 Å². The zero-order valence-electron chi connectivity index (χ0n) is 22.7. The summed E-state index contributed by atoms with van der Waals surface area (Å²) < 4.78 is 5.32. The molecule has 0 radical (unpaired) electrons. The Bertz CT molecular complexity index is 963. The Kier molecular flexibility index (Phi) is 9.11. The number of rotatable bonds is 10. The van der Waals surface area contributed by atoms with E-state index < -0.39 is 6.04 Å². The fraction of sp³-hybridized carbons (Fsp3) is 0.690. The van der Waals surface area contributed by atoms with Gasteiger partial charge in [0.25, 0.3) is 5.91 Å². The monoisotopic (exact) mass is 512 g/mol. The second-order valence-electron chi connectivity index (χ2n) is 11.6. The number of hydrogen-bond acceptors (Lipinski definition) is 5. The van der Waals surface area contributed by atoms with E-state index >= 15 is 0 Å². The standard InChI is InChI=1S/C29H44N4O4/c1-19(2)17-32(28(35)22-10-11-22)24-14-26(27(34)31-16-21-7-4-6-20(12-21)15-30)33(18-24)29(36)23-8-5-9-25(13-23)37-3/h5,8-9,13,19-22,24,26H,4,6-7,10-12,14-18,30H2,1-3H3,(H,31,34). The molecule has 4 unspecified atom stereocenters. The van der Waals surface area contributed by atoms with Crippen LogP contribution in [0.5, 0.6) is 5.75 Å². The molecule has 1 aromatic rings. The Hall–Kier alpha value is -2.61. The summed E-state index contributed by atoms with van der Waals surface area (Å²) in [4.78, 5) is 44.1. The van der Waals surface area contributed by atoms with Crippen LogP contribution in [0.15, 0.2) is 24.3 Å². The summed E-state index contributed by atoms with van der Waals surface area (Å²) >= 11 is 0. The first kappa shape index (κ1) is 27.4. The molecule has 1 aromatic carbocycles. The number of ether oxygens (including phenoxy) is 1. The quantitative estimate of drug-likeness (QED) is 0.501. The topological polar surface area (TPSA) is 105 Å². The van der Waals surface area contributed by atoms with Crippen LogP contribution in [-0.2, 0) is 9.59 Å². The lowest BCUT2D eigenvalue weighted by Gasteiger charge is -2.31. The third kappa shape index (κ3) is 6.83. The lowest BCUT2D eigenvalue weighted by molar-refractivity contribution is -0.135. The molecule has 2 aliphatic carbocycles. The van der Waals surface area contributed by atoms with Crippen LogP contribution in [0.2, 0.25) is 0 Å². The average Bonchev–Trinajstić information content (AvgIpc) is 3.67. The fourth-order valence-electron chi connectivity index (χ4n) is 5.98. The van der Waals surface area contributed by atoms with Gasteiger partial charge in [-0.2, -0.15) is 0 Å². The molecule has 3 fully saturated rings. The van der Waals surface area contributed by atoms with Gasteiger partial charge in [-0.05, 0) is 81.0 Å². The van der Waals surface area contributed by atoms with E-state index in [1.807, 2.05) is 4.90 Å². The van der Waals surface area contributed by atoms with E-state index in [4.69, 9.17) is 10.5 Å². The zero-order valence-corrected chi connectivity index (χ0v) is 22.7. The molecule has 0 spiro atoms. The maximum Gasteiger partial charge on any atom is 0.254 e. The van der Waals surface area contributed by atoms with E-state index in [-0.39, 0.29) is 29.7 Å². The number of benzene rings is 1. The highest BCUT2D eigenvalue weighted by Gasteiger charge is 2.45. The Morgan fingerprint density at radius 2 is 1.89 bits per heavy atom. The van der Waals surface area contributed by atoms with Gasteiger partial charge in [0.05, 0.1) is 13.2 Å². The van der Waals surface area contributed by atoms with Gasteiger partial charge in [-0.3, -0.25) is 14.4 Å². The van der Waals surface area contributed by atoms with Crippen LogP contribution in [0.1, 0.15) is 69.2 Å². The largest absolute Gasteiger partial charge is 0.497 e. The molecule has 0 bridgehead atoms. The molecule has 0 aromatic heterocycles. The molecule has 3 N–H and O–H groups in total. The van der Waals surface area contributed by atoms with Gasteiger partial charge in [0.2, 0.25) is 11.8 Å². The van der Waals surface area contributed by atoms with E-state index in [9.17, 15) is 14.4 Å². The summed E-state index contributed by atoms with van der Waals surface area (Å²) in [5, 5.41) is 3.16. The highest BCUT2D eigenvalue weighted by molar-refractivity contribution is 5.98. The molecule has 3 amide bonds. The summed E-state index contributed by atoms with van der Waals surface area (Å²) in [6.07, 6.45) is 6.76. The molecule has 1 saturated heterocycles. The molecule has 2 saturated carbocycles. The van der Waals surface area contributed by atoms with Crippen molar-refractivity contribution in [2.75, 3.05) is 33.3 Å². The van der Waals surface area contributed by atoms with Crippen molar-refractivity contribution in [1.29, 1.82) is 0 Å². The molecule has 4 atom stereocenters. The number of carbonyl (C=O) groups excluding carboxylic acids is 3. The van der Waals surface area contributed by atoms with Crippen LogP contribution >= 0.6 is 0 Å². The summed E-state index contributed by atoms with van der Waals surface area (Å²) in [6.45, 7) is 6.50. The van der Waals surface area contributed by atoms with Gasteiger partial charge in [-0.1, -0.05) is 26.3 Å². The zero-order chi connectivity index (χ0) is 26.5. The first-order valence-electron chi connectivity index (χ1n) is 14.0. The summed E-state index contributed by atoms with van der Waals surface area (Å²) in [5.74, 6) is 1.78. The number of methoxy groups -OCH3 is 1. The number of carbonyl (C=O) groups is 3.